The van der Waals surface area contributed by atoms with Crippen molar-refractivity contribution in [3.05, 3.63) is 35.4 Å². The zero-order chi connectivity index (χ0) is 15.6. The van der Waals surface area contributed by atoms with Crippen molar-refractivity contribution >= 4 is 5.91 Å². The van der Waals surface area contributed by atoms with E-state index in [4.69, 9.17) is 10.5 Å². The van der Waals surface area contributed by atoms with E-state index in [2.05, 4.69) is 0 Å². The lowest BCUT2D eigenvalue weighted by Crippen LogP contribution is -2.38. The average molecular weight is 298 g/mol. The molecule has 21 heavy (non-hydrogen) atoms. The monoisotopic (exact) mass is 298 g/mol. The Morgan fingerprint density at radius 1 is 1.48 bits per heavy atom. The lowest BCUT2D eigenvalue weighted by atomic mass is 10.1. The predicted molar refractivity (Wildman–Crippen MR) is 74.5 cm³/mol. The van der Waals surface area contributed by atoms with Crippen LogP contribution in [0, 0.1) is 11.6 Å². The molecule has 2 rings (SSSR count). The van der Waals surface area contributed by atoms with Gasteiger partial charge in [-0.3, -0.25) is 4.79 Å². The van der Waals surface area contributed by atoms with Crippen LogP contribution < -0.4 is 5.73 Å². The number of benzene rings is 1. The molecule has 1 saturated heterocycles. The number of carbonyl (C=O) groups is 1. The van der Waals surface area contributed by atoms with Crippen molar-refractivity contribution in [2.75, 3.05) is 13.6 Å². The van der Waals surface area contributed by atoms with Gasteiger partial charge in [-0.1, -0.05) is 0 Å². The lowest BCUT2D eigenvalue weighted by Gasteiger charge is -2.28. The molecule has 0 bridgehead atoms. The summed E-state index contributed by atoms with van der Waals surface area (Å²) in [5, 5.41) is 0. The molecule has 1 fully saturated rings. The SMILES string of the molecule is CC(c1cc(F)ccc1F)N(C)C(=O)[C@@H]1CC[C@H](CN)O1. The highest BCUT2D eigenvalue weighted by molar-refractivity contribution is 5.81. The van der Waals surface area contributed by atoms with Gasteiger partial charge in [0.05, 0.1) is 12.1 Å². The summed E-state index contributed by atoms with van der Waals surface area (Å²) in [6.07, 6.45) is 0.684. The van der Waals surface area contributed by atoms with Gasteiger partial charge < -0.3 is 15.4 Å². The van der Waals surface area contributed by atoms with Crippen LogP contribution in [0.5, 0.6) is 0 Å². The third kappa shape index (κ3) is 3.39. The molecule has 1 aliphatic heterocycles. The molecule has 1 aromatic rings. The summed E-state index contributed by atoms with van der Waals surface area (Å²) in [7, 11) is 1.57. The Kier molecular flexibility index (Phi) is 4.90. The van der Waals surface area contributed by atoms with E-state index >= 15 is 0 Å². The second-order valence-corrected chi connectivity index (χ2v) is 5.35. The fourth-order valence-corrected chi connectivity index (χ4v) is 2.52. The predicted octanol–water partition coefficient (Wildman–Crippen LogP) is 1.99. The van der Waals surface area contributed by atoms with Gasteiger partial charge in [0.1, 0.15) is 17.7 Å². The smallest absolute Gasteiger partial charge is 0.251 e. The molecule has 2 N–H and O–H groups in total. The fraction of sp³-hybridized carbons (Fsp3) is 0.533. The van der Waals surface area contributed by atoms with Crippen LogP contribution in [0.25, 0.3) is 0 Å². The first-order valence-electron chi connectivity index (χ1n) is 7.01. The number of nitrogens with zero attached hydrogens (tertiary/aromatic N) is 1. The molecule has 4 nitrogen and oxygen atoms in total. The van der Waals surface area contributed by atoms with Crippen molar-refractivity contribution in [1.29, 1.82) is 0 Å². The Bertz CT molecular complexity index is 524. The van der Waals surface area contributed by atoms with E-state index in [1.807, 2.05) is 0 Å². The highest BCUT2D eigenvalue weighted by Crippen LogP contribution is 2.26. The Labute approximate surface area is 122 Å². The van der Waals surface area contributed by atoms with Crippen LogP contribution in [0.4, 0.5) is 8.78 Å². The molecule has 0 aliphatic carbocycles. The van der Waals surface area contributed by atoms with E-state index < -0.39 is 23.8 Å². The number of nitrogens with two attached hydrogens (primary N) is 1. The first kappa shape index (κ1) is 15.9. The van der Waals surface area contributed by atoms with Crippen LogP contribution in [0.2, 0.25) is 0 Å². The molecule has 3 atom stereocenters. The number of halogens is 2. The molecule has 1 aliphatic rings. The normalized spacial score (nSPS) is 23.1. The molecule has 1 amide bonds. The topological polar surface area (TPSA) is 55.6 Å². The molecule has 0 saturated carbocycles. The molecule has 1 heterocycles. The minimum Gasteiger partial charge on any atom is -0.364 e. The molecule has 6 heteroatoms. The number of hydrogen-bond acceptors (Lipinski definition) is 3. The van der Waals surface area contributed by atoms with E-state index in [0.717, 1.165) is 24.6 Å². The number of carbonyl (C=O) groups excluding carboxylic acids is 1. The summed E-state index contributed by atoms with van der Waals surface area (Å²) < 4.78 is 32.6. The van der Waals surface area contributed by atoms with Crippen LogP contribution in [0.15, 0.2) is 18.2 Å². The van der Waals surface area contributed by atoms with Crippen molar-refractivity contribution in [2.24, 2.45) is 5.73 Å². The van der Waals surface area contributed by atoms with Crippen LogP contribution in [-0.4, -0.2) is 36.6 Å². The van der Waals surface area contributed by atoms with Crippen molar-refractivity contribution in [3.8, 4) is 0 Å². The minimum atomic E-state index is -0.575. The Morgan fingerprint density at radius 2 is 2.19 bits per heavy atom. The summed E-state index contributed by atoms with van der Waals surface area (Å²) >= 11 is 0. The van der Waals surface area contributed by atoms with Gasteiger partial charge >= 0.3 is 0 Å². The van der Waals surface area contributed by atoms with Gasteiger partial charge in [-0.15, -0.1) is 0 Å². The van der Waals surface area contributed by atoms with Crippen LogP contribution in [0.3, 0.4) is 0 Å². The van der Waals surface area contributed by atoms with Crippen molar-refractivity contribution in [1.82, 2.24) is 4.90 Å². The van der Waals surface area contributed by atoms with Gasteiger partial charge in [0.2, 0.25) is 0 Å². The summed E-state index contributed by atoms with van der Waals surface area (Å²) in [6.45, 7) is 2.03. The molecule has 0 spiro atoms. The second kappa shape index (κ2) is 6.49. The summed E-state index contributed by atoms with van der Waals surface area (Å²) in [5.41, 5.74) is 5.67. The maximum Gasteiger partial charge on any atom is 0.251 e. The molecular formula is C15H20F2N2O2. The van der Waals surface area contributed by atoms with E-state index in [1.54, 1.807) is 14.0 Å². The first-order valence-corrected chi connectivity index (χ1v) is 7.01. The Morgan fingerprint density at radius 3 is 2.81 bits per heavy atom. The summed E-state index contributed by atoms with van der Waals surface area (Å²) in [5.74, 6) is -1.29. The minimum absolute atomic E-state index is 0.103. The zero-order valence-corrected chi connectivity index (χ0v) is 12.2. The quantitative estimate of drug-likeness (QED) is 0.925. The van der Waals surface area contributed by atoms with Gasteiger partial charge in [0.25, 0.3) is 5.91 Å². The number of likely N-dealkylation sites (N-methyl/N-ethyl adjacent to an activating group) is 1. The first-order chi connectivity index (χ1) is 9.93. The average Bonchev–Trinajstić information content (AvgIpc) is 2.96. The zero-order valence-electron chi connectivity index (χ0n) is 12.2. The van der Waals surface area contributed by atoms with E-state index in [1.165, 1.54) is 4.90 Å². The van der Waals surface area contributed by atoms with Gasteiger partial charge in [-0.2, -0.15) is 0 Å². The van der Waals surface area contributed by atoms with E-state index in [9.17, 15) is 13.6 Å². The van der Waals surface area contributed by atoms with Crippen molar-refractivity contribution in [2.45, 2.75) is 38.0 Å². The number of ether oxygens (including phenoxy) is 1. The standard InChI is InChI=1S/C15H20F2N2O2/c1-9(12-7-10(16)3-5-13(12)17)19(2)15(20)14-6-4-11(8-18)21-14/h3,5,7,9,11,14H,4,6,8,18H2,1-2H3/t9?,11-,14+/m1/s1. The van der Waals surface area contributed by atoms with Gasteiger partial charge in [-0.25, -0.2) is 8.78 Å². The maximum absolute atomic E-state index is 13.8. The number of amides is 1. The number of rotatable bonds is 4. The van der Waals surface area contributed by atoms with E-state index in [-0.39, 0.29) is 17.6 Å². The largest absolute Gasteiger partial charge is 0.364 e. The van der Waals surface area contributed by atoms with Crippen molar-refractivity contribution in [3.63, 3.8) is 0 Å². The van der Waals surface area contributed by atoms with E-state index in [0.29, 0.717) is 13.0 Å². The highest BCUT2D eigenvalue weighted by Gasteiger charge is 2.33. The molecule has 1 unspecified atom stereocenters. The summed E-state index contributed by atoms with van der Waals surface area (Å²) in [4.78, 5) is 13.8. The van der Waals surface area contributed by atoms with Crippen LogP contribution in [0.1, 0.15) is 31.4 Å². The Balaban J connectivity index is 2.10. The third-order valence-electron chi connectivity index (χ3n) is 3.98. The van der Waals surface area contributed by atoms with Crippen LogP contribution >= 0.6 is 0 Å². The van der Waals surface area contributed by atoms with Gasteiger partial charge in [0, 0.05) is 19.2 Å². The molecule has 1 aromatic carbocycles. The Hall–Kier alpha value is -1.53. The molecule has 116 valence electrons. The lowest BCUT2D eigenvalue weighted by molar-refractivity contribution is -0.143. The summed E-state index contributed by atoms with van der Waals surface area (Å²) in [6, 6.07) is 2.66. The van der Waals surface area contributed by atoms with Crippen molar-refractivity contribution < 1.29 is 18.3 Å². The second-order valence-electron chi connectivity index (χ2n) is 5.35. The van der Waals surface area contributed by atoms with Crippen LogP contribution in [-0.2, 0) is 9.53 Å². The number of hydrogen-bond donors (Lipinski definition) is 1. The molecular weight excluding hydrogens is 278 g/mol. The maximum atomic E-state index is 13.8. The van der Waals surface area contributed by atoms with Gasteiger partial charge in [0.15, 0.2) is 0 Å². The highest BCUT2D eigenvalue weighted by atomic mass is 19.1. The molecule has 0 aromatic heterocycles. The van der Waals surface area contributed by atoms with Gasteiger partial charge in [-0.05, 0) is 38.0 Å². The molecule has 0 radical (unpaired) electrons. The fourth-order valence-electron chi connectivity index (χ4n) is 2.52. The third-order valence-corrected chi connectivity index (χ3v) is 3.98.